The molecule has 0 spiro atoms. The zero-order valence-corrected chi connectivity index (χ0v) is 11.3. The minimum absolute atomic E-state index is 0.189. The van der Waals surface area contributed by atoms with E-state index in [1.54, 1.807) is 0 Å². The molecule has 5 heteroatoms. The molecule has 0 aliphatic heterocycles. The van der Waals surface area contributed by atoms with E-state index in [9.17, 15) is 4.79 Å². The summed E-state index contributed by atoms with van der Waals surface area (Å²) in [4.78, 5) is 10.9. The average molecular weight is 310 g/mol. The van der Waals surface area contributed by atoms with Crippen LogP contribution in [0.5, 0.6) is 0 Å². The van der Waals surface area contributed by atoms with E-state index >= 15 is 0 Å². The molecule has 0 saturated heterocycles. The van der Waals surface area contributed by atoms with Gasteiger partial charge in [0.2, 0.25) is 0 Å². The number of carboxylic acid groups (broad SMARTS) is 1. The Morgan fingerprint density at radius 1 is 1.44 bits per heavy atom. The number of hydrogen-bond acceptors (Lipinski definition) is 3. The number of aromatic carboxylic acids is 1. The van der Waals surface area contributed by atoms with Gasteiger partial charge < -0.3 is 14.8 Å². The van der Waals surface area contributed by atoms with Crippen LogP contribution in [0.3, 0.4) is 0 Å². The molecule has 1 aromatic carbocycles. The number of aryl methyl sites for hydroxylation is 1. The molecular formula is C13H12BrNO3. The highest BCUT2D eigenvalue weighted by molar-refractivity contribution is 9.10. The smallest absolute Gasteiger partial charge is 0.339 e. The van der Waals surface area contributed by atoms with Gasteiger partial charge in [-0.25, -0.2) is 4.79 Å². The monoisotopic (exact) mass is 309 g/mol. The lowest BCUT2D eigenvalue weighted by atomic mass is 10.2. The zero-order valence-electron chi connectivity index (χ0n) is 9.74. The summed E-state index contributed by atoms with van der Waals surface area (Å²) in [5.74, 6) is -0.564. The molecule has 18 heavy (non-hydrogen) atoms. The molecule has 94 valence electrons. The van der Waals surface area contributed by atoms with E-state index in [4.69, 9.17) is 9.52 Å². The summed E-state index contributed by atoms with van der Waals surface area (Å²) in [6, 6.07) is 7.36. The number of rotatable bonds is 4. The number of hydrogen-bond donors (Lipinski definition) is 2. The van der Waals surface area contributed by atoms with Crippen molar-refractivity contribution in [3.8, 4) is 0 Å². The molecule has 2 N–H and O–H groups in total. The highest BCUT2D eigenvalue weighted by Crippen LogP contribution is 2.20. The van der Waals surface area contributed by atoms with Crippen LogP contribution in [0.4, 0.5) is 5.69 Å². The Hall–Kier alpha value is -1.75. The Morgan fingerprint density at radius 2 is 2.22 bits per heavy atom. The minimum Gasteiger partial charge on any atom is -0.478 e. The van der Waals surface area contributed by atoms with Gasteiger partial charge in [-0.2, -0.15) is 0 Å². The van der Waals surface area contributed by atoms with Crippen LogP contribution in [-0.2, 0) is 6.54 Å². The van der Waals surface area contributed by atoms with Gasteiger partial charge in [-0.05, 0) is 36.8 Å². The van der Waals surface area contributed by atoms with Gasteiger partial charge in [-0.15, -0.1) is 0 Å². The van der Waals surface area contributed by atoms with Crippen LogP contribution in [0.1, 0.15) is 21.7 Å². The first kappa shape index (κ1) is 12.7. The predicted octanol–water partition coefficient (Wildman–Crippen LogP) is 3.66. The molecule has 0 aliphatic rings. The summed E-state index contributed by atoms with van der Waals surface area (Å²) in [5, 5.41) is 12.1. The topological polar surface area (TPSA) is 62.5 Å². The molecule has 0 aliphatic carbocycles. The first-order valence-electron chi connectivity index (χ1n) is 5.37. The average Bonchev–Trinajstić information content (AvgIpc) is 2.73. The molecule has 2 aromatic rings. The van der Waals surface area contributed by atoms with Crippen LogP contribution in [0, 0.1) is 6.92 Å². The quantitative estimate of drug-likeness (QED) is 0.904. The van der Waals surface area contributed by atoms with Crippen LogP contribution >= 0.6 is 15.9 Å². The summed E-state index contributed by atoms with van der Waals surface area (Å²) in [7, 11) is 0. The van der Waals surface area contributed by atoms with E-state index in [0.717, 1.165) is 15.7 Å². The fourth-order valence-corrected chi connectivity index (χ4v) is 2.30. The number of carbonyl (C=O) groups is 1. The maximum atomic E-state index is 10.9. The Morgan fingerprint density at radius 3 is 2.89 bits per heavy atom. The predicted molar refractivity (Wildman–Crippen MR) is 71.9 cm³/mol. The Kier molecular flexibility index (Phi) is 3.72. The molecule has 0 bridgehead atoms. The number of furan rings is 1. The largest absolute Gasteiger partial charge is 0.478 e. The second-order valence-corrected chi connectivity index (χ2v) is 4.85. The Labute approximate surface area is 113 Å². The van der Waals surface area contributed by atoms with Gasteiger partial charge in [0.1, 0.15) is 11.3 Å². The molecule has 2 rings (SSSR count). The number of anilines is 1. The van der Waals surface area contributed by atoms with E-state index in [0.29, 0.717) is 12.3 Å². The summed E-state index contributed by atoms with van der Waals surface area (Å²) < 4.78 is 6.13. The fourth-order valence-electron chi connectivity index (χ4n) is 1.69. The second kappa shape index (κ2) is 5.27. The van der Waals surface area contributed by atoms with Crippen molar-refractivity contribution in [3.63, 3.8) is 0 Å². The first-order valence-corrected chi connectivity index (χ1v) is 6.16. The second-order valence-electron chi connectivity index (χ2n) is 3.93. The molecule has 0 atom stereocenters. The van der Waals surface area contributed by atoms with Gasteiger partial charge >= 0.3 is 5.97 Å². The van der Waals surface area contributed by atoms with Crippen LogP contribution in [0.15, 0.2) is 39.4 Å². The van der Waals surface area contributed by atoms with Crippen LogP contribution in [0.25, 0.3) is 0 Å². The molecule has 1 heterocycles. The maximum absolute atomic E-state index is 10.9. The zero-order chi connectivity index (χ0) is 13.1. The molecular weight excluding hydrogens is 298 g/mol. The third kappa shape index (κ3) is 2.92. The lowest BCUT2D eigenvalue weighted by Crippen LogP contribution is -2.04. The Bertz CT molecular complexity index is 557. The van der Waals surface area contributed by atoms with Gasteiger partial charge in [-0.1, -0.05) is 15.9 Å². The molecule has 1 aromatic heterocycles. The maximum Gasteiger partial charge on any atom is 0.339 e. The highest BCUT2D eigenvalue weighted by Gasteiger charge is 2.12. The summed E-state index contributed by atoms with van der Waals surface area (Å²) in [6.45, 7) is 2.33. The third-order valence-electron chi connectivity index (χ3n) is 2.47. The number of carboxylic acids is 1. The van der Waals surface area contributed by atoms with Crippen LogP contribution < -0.4 is 5.32 Å². The van der Waals surface area contributed by atoms with Crippen molar-refractivity contribution in [3.05, 3.63) is 51.9 Å². The molecule has 0 fully saturated rings. The third-order valence-corrected chi connectivity index (χ3v) is 2.93. The summed E-state index contributed by atoms with van der Waals surface area (Å²) >= 11 is 3.41. The van der Waals surface area contributed by atoms with Gasteiger partial charge in [0, 0.05) is 10.2 Å². The molecule has 4 nitrogen and oxygen atoms in total. The van der Waals surface area contributed by atoms with Crippen molar-refractivity contribution in [2.24, 2.45) is 0 Å². The van der Waals surface area contributed by atoms with E-state index in [-0.39, 0.29) is 5.56 Å². The highest BCUT2D eigenvalue weighted by atomic mass is 79.9. The minimum atomic E-state index is -0.981. The van der Waals surface area contributed by atoms with Crippen molar-refractivity contribution >= 4 is 27.6 Å². The number of nitrogens with one attached hydrogen (secondary N) is 1. The lowest BCUT2D eigenvalue weighted by molar-refractivity contribution is 0.0694. The normalized spacial score (nSPS) is 10.3. The summed E-state index contributed by atoms with van der Waals surface area (Å²) in [6.07, 6.45) is 1.38. The molecule has 0 saturated carbocycles. The van der Waals surface area contributed by atoms with Crippen LogP contribution in [0.2, 0.25) is 0 Å². The van der Waals surface area contributed by atoms with Gasteiger partial charge in [0.05, 0.1) is 12.8 Å². The van der Waals surface area contributed by atoms with E-state index < -0.39 is 5.97 Å². The van der Waals surface area contributed by atoms with E-state index in [1.165, 1.54) is 12.3 Å². The lowest BCUT2D eigenvalue weighted by Gasteiger charge is -2.07. The van der Waals surface area contributed by atoms with Crippen molar-refractivity contribution in [1.29, 1.82) is 0 Å². The van der Waals surface area contributed by atoms with E-state index in [1.807, 2.05) is 25.1 Å². The molecule has 0 radical (unpaired) electrons. The number of halogens is 1. The SMILES string of the molecule is Cc1cc(Br)cc(NCc2occc2C(=O)O)c1. The standard InChI is InChI=1S/C13H12BrNO3/c1-8-4-9(14)6-10(5-8)15-7-12-11(13(16)17)2-3-18-12/h2-6,15H,7H2,1H3,(H,16,17). The Balaban J connectivity index is 2.11. The van der Waals surface area contributed by atoms with Crippen LogP contribution in [-0.4, -0.2) is 11.1 Å². The van der Waals surface area contributed by atoms with E-state index in [2.05, 4.69) is 21.2 Å². The van der Waals surface area contributed by atoms with Crippen molar-refractivity contribution in [1.82, 2.24) is 0 Å². The van der Waals surface area contributed by atoms with Gasteiger partial charge in [0.15, 0.2) is 0 Å². The van der Waals surface area contributed by atoms with Crippen molar-refractivity contribution in [2.45, 2.75) is 13.5 Å². The first-order chi connectivity index (χ1) is 8.56. The van der Waals surface area contributed by atoms with Gasteiger partial charge in [-0.3, -0.25) is 0 Å². The molecule has 0 unspecified atom stereocenters. The van der Waals surface area contributed by atoms with Gasteiger partial charge in [0.25, 0.3) is 0 Å². The fraction of sp³-hybridized carbons (Fsp3) is 0.154. The van der Waals surface area contributed by atoms with Crippen molar-refractivity contribution in [2.75, 3.05) is 5.32 Å². The summed E-state index contributed by atoms with van der Waals surface area (Å²) in [5.41, 5.74) is 2.22. The molecule has 0 amide bonds. The van der Waals surface area contributed by atoms with Crippen molar-refractivity contribution < 1.29 is 14.3 Å². The number of benzene rings is 1.